The first kappa shape index (κ1) is 30.1. The van der Waals surface area contributed by atoms with Gasteiger partial charge in [-0.25, -0.2) is 13.2 Å². The summed E-state index contributed by atoms with van der Waals surface area (Å²) in [6, 6.07) is -2.14. The molecular weight excluding hydrogens is 558 g/mol. The van der Waals surface area contributed by atoms with Crippen LogP contribution in [0, 0.1) is 0 Å². The summed E-state index contributed by atoms with van der Waals surface area (Å²) < 4.78 is 118. The van der Waals surface area contributed by atoms with Crippen LogP contribution >= 0.6 is 0 Å². The average molecular weight is 579 g/mol. The summed E-state index contributed by atoms with van der Waals surface area (Å²) in [6.45, 7) is -1.24. The van der Waals surface area contributed by atoms with Gasteiger partial charge in [-0.05, 0) is 0 Å². The molecule has 2 rings (SSSR count). The van der Waals surface area contributed by atoms with E-state index >= 15 is 0 Å². The molecule has 0 radical (unpaired) electrons. The lowest BCUT2D eigenvalue weighted by molar-refractivity contribution is -0.324. The van der Waals surface area contributed by atoms with Gasteiger partial charge in [0.25, 0.3) is 0 Å². The molecule has 8 N–H and O–H groups in total. The second-order valence-electron chi connectivity index (χ2n) is 7.11. The van der Waals surface area contributed by atoms with Crippen molar-refractivity contribution in [2.75, 3.05) is 6.61 Å². The van der Waals surface area contributed by atoms with Gasteiger partial charge in [0.1, 0.15) is 24.4 Å². The average Bonchev–Trinajstić information content (AvgIpc) is 2.65. The second kappa shape index (κ2) is 11.1. The minimum atomic E-state index is -5.33. The first-order chi connectivity index (χ1) is 15.8. The number of aliphatic carboxylic acids is 1. The molecule has 2 saturated heterocycles. The Morgan fingerprint density at radius 1 is 0.943 bits per heavy atom. The molecule has 206 valence electrons. The van der Waals surface area contributed by atoms with Crippen LogP contribution in [-0.4, -0.2) is 127 Å². The van der Waals surface area contributed by atoms with Gasteiger partial charge >= 0.3 is 37.1 Å². The summed E-state index contributed by atoms with van der Waals surface area (Å²) >= 11 is 0. The molecule has 23 heteroatoms. The van der Waals surface area contributed by atoms with Crippen molar-refractivity contribution in [3.05, 3.63) is 0 Å². The number of hydrogen-bond donors (Lipinski definition) is 8. The summed E-state index contributed by atoms with van der Waals surface area (Å²) in [5.41, 5.74) is 0. The van der Waals surface area contributed by atoms with E-state index in [9.17, 15) is 45.4 Å². The molecule has 2 fully saturated rings. The number of carbonyl (C=O) groups is 1. The van der Waals surface area contributed by atoms with Gasteiger partial charge in [0.05, 0.1) is 12.7 Å². The third kappa shape index (κ3) is 9.02. The summed E-state index contributed by atoms with van der Waals surface area (Å²) in [6.07, 6.45) is -17.8. The van der Waals surface area contributed by atoms with Gasteiger partial charge in [-0.15, -0.1) is 0 Å². The Morgan fingerprint density at radius 3 is 2.03 bits per heavy atom. The van der Waals surface area contributed by atoms with Gasteiger partial charge in [-0.3, -0.25) is 13.7 Å². The molecule has 9 atom stereocenters. The van der Waals surface area contributed by atoms with Crippen molar-refractivity contribution < 1.29 is 86.7 Å². The van der Waals surface area contributed by atoms with E-state index in [4.69, 9.17) is 33.0 Å². The Balaban J connectivity index is 2.42. The molecule has 2 heterocycles. The zero-order chi connectivity index (χ0) is 26.9. The predicted molar refractivity (Wildman–Crippen MR) is 101 cm³/mol. The van der Waals surface area contributed by atoms with E-state index in [1.807, 2.05) is 0 Å². The predicted octanol–water partition coefficient (Wildman–Crippen LogP) is -5.22. The van der Waals surface area contributed by atoms with E-state index in [-0.39, 0.29) is 0 Å². The Morgan fingerprint density at radius 2 is 1.54 bits per heavy atom. The number of nitrogens with one attached hydrogen (secondary N) is 1. The number of carboxylic acids is 1. The highest BCUT2D eigenvalue weighted by Crippen LogP contribution is 2.31. The van der Waals surface area contributed by atoms with E-state index < -0.39 is 105 Å². The number of hydrogen-bond acceptors (Lipinski definition) is 15. The summed E-state index contributed by atoms with van der Waals surface area (Å²) in [4.78, 5) is 11.3. The maximum atomic E-state index is 11.3. The summed E-state index contributed by atoms with van der Waals surface area (Å²) in [5.74, 6) is -1.68. The standard InChI is InChI=1S/C12H21NO19S3/c14-3-1-4(10(16)17)30-12(8(3)32-35(25,26)27)31-9-5(2-28-34(22,23)24)29-11(18)6(7(9)15)13-33(19,20)21/h3-9,11-15,18H,1-2H2,(H,16,17)(H,19,20,21)(H,22,23,24)(H,25,26,27)/t3-,4+,5+,6+,7+,8+,9+,11-,12-/m0/s1. The van der Waals surface area contributed by atoms with Gasteiger partial charge in [-0.2, -0.15) is 30.0 Å². The van der Waals surface area contributed by atoms with Crippen LogP contribution in [0.25, 0.3) is 0 Å². The highest BCUT2D eigenvalue weighted by molar-refractivity contribution is 7.83. The fraction of sp³-hybridized carbons (Fsp3) is 0.917. The van der Waals surface area contributed by atoms with Crippen molar-refractivity contribution in [1.29, 1.82) is 0 Å². The lowest BCUT2D eigenvalue weighted by Crippen LogP contribution is -2.66. The highest BCUT2D eigenvalue weighted by atomic mass is 32.3. The van der Waals surface area contributed by atoms with Crippen LogP contribution < -0.4 is 4.72 Å². The molecule has 0 aromatic rings. The zero-order valence-electron chi connectivity index (χ0n) is 16.9. The smallest absolute Gasteiger partial charge is 0.397 e. The number of rotatable bonds is 10. The molecule has 20 nitrogen and oxygen atoms in total. The molecule has 2 aliphatic heterocycles. The molecule has 0 unspecified atom stereocenters. The van der Waals surface area contributed by atoms with Crippen LogP contribution in [0.1, 0.15) is 6.42 Å². The summed E-state index contributed by atoms with van der Waals surface area (Å²) in [5, 5.41) is 39.8. The lowest BCUT2D eigenvalue weighted by atomic mass is 9.97. The number of carboxylic acid groups (broad SMARTS) is 1. The van der Waals surface area contributed by atoms with Gasteiger partial charge < -0.3 is 34.6 Å². The fourth-order valence-corrected chi connectivity index (χ4v) is 4.60. The van der Waals surface area contributed by atoms with E-state index in [2.05, 4.69) is 8.37 Å². The maximum absolute atomic E-state index is 11.3. The van der Waals surface area contributed by atoms with Crippen molar-refractivity contribution in [3.63, 3.8) is 0 Å². The molecule has 0 bridgehead atoms. The molecule has 0 amide bonds. The minimum Gasteiger partial charge on any atom is -0.479 e. The largest absolute Gasteiger partial charge is 0.479 e. The Labute approximate surface area is 197 Å². The molecule has 0 aromatic heterocycles. The molecule has 0 spiro atoms. The van der Waals surface area contributed by atoms with Crippen LogP contribution in [0.2, 0.25) is 0 Å². The van der Waals surface area contributed by atoms with Crippen molar-refractivity contribution >= 4 is 37.1 Å². The fourth-order valence-electron chi connectivity index (χ4n) is 3.19. The van der Waals surface area contributed by atoms with Crippen LogP contribution in [-0.2, 0) is 58.5 Å². The van der Waals surface area contributed by atoms with Crippen molar-refractivity contribution in [2.24, 2.45) is 0 Å². The Bertz CT molecular complexity index is 1070. The lowest BCUT2D eigenvalue weighted by Gasteiger charge is -2.45. The van der Waals surface area contributed by atoms with Gasteiger partial charge in [0.2, 0.25) is 0 Å². The minimum absolute atomic E-state index is 0.778. The quantitative estimate of drug-likeness (QED) is 0.112. The molecule has 0 aromatic carbocycles. The van der Waals surface area contributed by atoms with Crippen LogP contribution in [0.4, 0.5) is 0 Å². The topological polar surface area (TPSA) is 319 Å². The van der Waals surface area contributed by atoms with Gasteiger partial charge in [0.15, 0.2) is 24.8 Å². The second-order valence-corrected chi connectivity index (χ2v) is 10.4. The van der Waals surface area contributed by atoms with Gasteiger partial charge in [0, 0.05) is 6.42 Å². The first-order valence-corrected chi connectivity index (χ1v) is 13.2. The normalized spacial score (nSPS) is 37.1. The van der Waals surface area contributed by atoms with Crippen molar-refractivity contribution in [3.8, 4) is 0 Å². The monoisotopic (exact) mass is 579 g/mol. The highest BCUT2D eigenvalue weighted by Gasteiger charge is 2.52. The van der Waals surface area contributed by atoms with Crippen LogP contribution in [0.5, 0.6) is 0 Å². The third-order valence-corrected chi connectivity index (χ3v) is 6.03. The summed E-state index contributed by atoms with van der Waals surface area (Å²) in [7, 11) is -15.6. The molecule has 0 saturated carbocycles. The molecular formula is C12H21NO19S3. The van der Waals surface area contributed by atoms with Gasteiger partial charge in [-0.1, -0.05) is 0 Å². The van der Waals surface area contributed by atoms with E-state index in [1.165, 1.54) is 4.72 Å². The molecule has 0 aliphatic carbocycles. The Kier molecular flexibility index (Phi) is 9.51. The van der Waals surface area contributed by atoms with Crippen LogP contribution in [0.3, 0.4) is 0 Å². The number of aliphatic hydroxyl groups is 3. The van der Waals surface area contributed by atoms with Crippen molar-refractivity contribution in [2.45, 2.75) is 61.7 Å². The maximum Gasteiger partial charge on any atom is 0.397 e. The van der Waals surface area contributed by atoms with E-state index in [0.29, 0.717) is 0 Å². The third-order valence-electron chi connectivity index (χ3n) is 4.56. The molecule has 2 aliphatic rings. The van der Waals surface area contributed by atoms with Crippen LogP contribution in [0.15, 0.2) is 0 Å². The Hall–Kier alpha value is -1.16. The first-order valence-electron chi connectivity index (χ1n) is 9.03. The van der Waals surface area contributed by atoms with E-state index in [1.54, 1.807) is 0 Å². The zero-order valence-corrected chi connectivity index (χ0v) is 19.3. The van der Waals surface area contributed by atoms with E-state index in [0.717, 1.165) is 0 Å². The molecule has 35 heavy (non-hydrogen) atoms. The number of aliphatic hydroxyl groups excluding tert-OH is 3. The number of ether oxygens (including phenoxy) is 3. The van der Waals surface area contributed by atoms with Crippen molar-refractivity contribution in [1.82, 2.24) is 4.72 Å². The SMILES string of the molecule is O=C(O)[C@H]1C[C@H](O)[C@@H](OS(=O)(=O)O)[C@H](O[C@H]2[C@H](O)[C@@H](NS(=O)(=O)O)[C@@H](O)O[C@@H]2COS(=O)(=O)O)O1.